The maximum absolute atomic E-state index is 13.9. The molecule has 21 heavy (non-hydrogen) atoms. The molecule has 0 fully saturated rings. The molecule has 0 saturated carbocycles. The predicted octanol–water partition coefficient (Wildman–Crippen LogP) is 3.90. The maximum atomic E-state index is 13.9. The molecule has 0 aliphatic carbocycles. The lowest BCUT2D eigenvalue weighted by Gasteiger charge is -2.24. The average molecular weight is 392 g/mol. The fourth-order valence-corrected chi connectivity index (χ4v) is 4.49. The van der Waals surface area contributed by atoms with E-state index in [2.05, 4.69) is 15.9 Å². The Morgan fingerprint density at radius 2 is 2.10 bits per heavy atom. The summed E-state index contributed by atoms with van der Waals surface area (Å²) in [7, 11) is -2.37. The zero-order chi connectivity index (χ0) is 15.6. The third-order valence-corrected chi connectivity index (χ3v) is 6.65. The van der Waals surface area contributed by atoms with Crippen molar-refractivity contribution in [2.45, 2.75) is 24.3 Å². The van der Waals surface area contributed by atoms with Crippen LogP contribution in [-0.2, 0) is 16.4 Å². The minimum Gasteiger partial charge on any atom is -0.207 e. The number of sulfonamides is 1. The van der Waals surface area contributed by atoms with Crippen LogP contribution in [0.2, 0.25) is 0 Å². The zero-order valence-corrected chi connectivity index (χ0v) is 14.8. The quantitative estimate of drug-likeness (QED) is 0.774. The highest BCUT2D eigenvalue weighted by atomic mass is 79.9. The Morgan fingerprint density at radius 1 is 1.38 bits per heavy atom. The normalized spacial score (nSPS) is 13.6. The molecule has 1 atom stereocenters. The van der Waals surface area contributed by atoms with Gasteiger partial charge in [-0.15, -0.1) is 11.3 Å². The smallest absolute Gasteiger partial charge is 0.207 e. The lowest BCUT2D eigenvalue weighted by atomic mass is 10.2. The molecule has 2 aromatic rings. The summed E-state index contributed by atoms with van der Waals surface area (Å²) in [4.78, 5) is 0.798. The van der Waals surface area contributed by atoms with Gasteiger partial charge in [0.25, 0.3) is 0 Å². The second-order valence-corrected chi connectivity index (χ2v) is 8.64. The summed E-state index contributed by atoms with van der Waals surface area (Å²) in [5.74, 6) is -0.750. The summed E-state index contributed by atoms with van der Waals surface area (Å²) in [6, 6.07) is 7.59. The summed E-state index contributed by atoms with van der Waals surface area (Å²) in [6.45, 7) is 1.81. The Bertz CT molecular complexity index is 717. The topological polar surface area (TPSA) is 37.4 Å². The number of hydrogen-bond donors (Lipinski definition) is 0. The minimum absolute atomic E-state index is 0.253. The van der Waals surface area contributed by atoms with E-state index in [-0.39, 0.29) is 10.9 Å². The van der Waals surface area contributed by atoms with Gasteiger partial charge in [0.15, 0.2) is 0 Å². The highest BCUT2D eigenvalue weighted by Crippen LogP contribution is 2.24. The van der Waals surface area contributed by atoms with Crippen LogP contribution >= 0.6 is 27.3 Å². The molecule has 0 aliphatic heterocycles. The molecule has 114 valence electrons. The first-order valence-electron chi connectivity index (χ1n) is 6.28. The minimum atomic E-state index is -3.85. The van der Waals surface area contributed by atoms with Gasteiger partial charge in [0.1, 0.15) is 10.7 Å². The second kappa shape index (κ2) is 6.56. The van der Waals surface area contributed by atoms with E-state index in [0.29, 0.717) is 10.9 Å². The van der Waals surface area contributed by atoms with E-state index in [1.807, 2.05) is 24.4 Å². The zero-order valence-electron chi connectivity index (χ0n) is 11.6. The van der Waals surface area contributed by atoms with Gasteiger partial charge in [-0.3, -0.25) is 0 Å². The Kier molecular flexibility index (Phi) is 5.19. The lowest BCUT2D eigenvalue weighted by Crippen LogP contribution is -2.36. The van der Waals surface area contributed by atoms with E-state index < -0.39 is 15.8 Å². The van der Waals surface area contributed by atoms with Gasteiger partial charge in [-0.05, 0) is 43.0 Å². The van der Waals surface area contributed by atoms with Crippen LogP contribution in [-0.4, -0.2) is 25.8 Å². The van der Waals surface area contributed by atoms with Crippen molar-refractivity contribution in [2.24, 2.45) is 0 Å². The third kappa shape index (κ3) is 3.71. The standard InChI is InChI=1S/C14H15BrFNO2S2/c1-10(8-12-4-3-7-20-12)17(2)21(18,19)14-6-5-11(15)9-13(14)16/h3-7,9-10H,8H2,1-2H3. The number of thiophene rings is 1. The highest BCUT2D eigenvalue weighted by molar-refractivity contribution is 9.10. The maximum Gasteiger partial charge on any atom is 0.245 e. The number of benzene rings is 1. The molecule has 7 heteroatoms. The van der Waals surface area contributed by atoms with Gasteiger partial charge in [-0.1, -0.05) is 22.0 Å². The molecule has 0 bridgehead atoms. The van der Waals surface area contributed by atoms with Crippen LogP contribution in [0.25, 0.3) is 0 Å². The molecule has 1 heterocycles. The van der Waals surface area contributed by atoms with Crippen molar-refractivity contribution in [3.8, 4) is 0 Å². The SMILES string of the molecule is CC(Cc1cccs1)N(C)S(=O)(=O)c1ccc(Br)cc1F. The van der Waals surface area contributed by atoms with Crippen LogP contribution in [0.1, 0.15) is 11.8 Å². The summed E-state index contributed by atoms with van der Waals surface area (Å²) < 4.78 is 40.7. The Morgan fingerprint density at radius 3 is 2.67 bits per heavy atom. The van der Waals surface area contributed by atoms with Gasteiger partial charge in [-0.25, -0.2) is 12.8 Å². The first kappa shape index (κ1) is 16.6. The Hall–Kier alpha value is -0.760. The number of likely N-dealkylation sites (N-methyl/N-ethyl adjacent to an activating group) is 1. The average Bonchev–Trinajstić information content (AvgIpc) is 2.90. The molecule has 1 aromatic carbocycles. The summed E-state index contributed by atoms with van der Waals surface area (Å²) >= 11 is 4.70. The van der Waals surface area contributed by atoms with Crippen molar-refractivity contribution in [2.75, 3.05) is 7.05 Å². The predicted molar refractivity (Wildman–Crippen MR) is 86.5 cm³/mol. The fraction of sp³-hybridized carbons (Fsp3) is 0.286. The monoisotopic (exact) mass is 391 g/mol. The number of halogens is 2. The van der Waals surface area contributed by atoms with E-state index in [4.69, 9.17) is 0 Å². The van der Waals surface area contributed by atoms with E-state index >= 15 is 0 Å². The van der Waals surface area contributed by atoms with Crippen molar-refractivity contribution in [1.82, 2.24) is 4.31 Å². The van der Waals surface area contributed by atoms with Crippen molar-refractivity contribution in [3.05, 3.63) is 50.9 Å². The molecule has 3 nitrogen and oxygen atoms in total. The molecular formula is C14H15BrFNO2S2. The van der Waals surface area contributed by atoms with Crippen LogP contribution in [0.4, 0.5) is 4.39 Å². The Labute approximate surface area is 136 Å². The highest BCUT2D eigenvalue weighted by Gasteiger charge is 2.28. The number of rotatable bonds is 5. The van der Waals surface area contributed by atoms with E-state index in [9.17, 15) is 12.8 Å². The molecule has 0 saturated heterocycles. The van der Waals surface area contributed by atoms with Crippen molar-refractivity contribution in [3.63, 3.8) is 0 Å². The third-order valence-electron chi connectivity index (χ3n) is 3.25. The first-order chi connectivity index (χ1) is 9.82. The molecule has 0 spiro atoms. The van der Waals surface area contributed by atoms with E-state index in [1.54, 1.807) is 11.3 Å². The number of hydrogen-bond acceptors (Lipinski definition) is 3. The van der Waals surface area contributed by atoms with Gasteiger partial charge >= 0.3 is 0 Å². The van der Waals surface area contributed by atoms with E-state index in [0.717, 1.165) is 10.9 Å². The van der Waals surface area contributed by atoms with Crippen molar-refractivity contribution in [1.29, 1.82) is 0 Å². The van der Waals surface area contributed by atoms with Crippen LogP contribution in [0.15, 0.2) is 45.1 Å². The van der Waals surface area contributed by atoms with E-state index in [1.165, 1.54) is 23.5 Å². The van der Waals surface area contributed by atoms with Crippen molar-refractivity contribution >= 4 is 37.3 Å². The molecule has 0 amide bonds. The van der Waals surface area contributed by atoms with Gasteiger partial charge in [0, 0.05) is 22.4 Å². The molecule has 0 aliphatic rings. The number of nitrogens with zero attached hydrogens (tertiary/aromatic N) is 1. The van der Waals surface area contributed by atoms with Gasteiger partial charge < -0.3 is 0 Å². The van der Waals surface area contributed by atoms with Crippen LogP contribution in [0, 0.1) is 5.82 Å². The lowest BCUT2D eigenvalue weighted by molar-refractivity contribution is 0.385. The van der Waals surface area contributed by atoms with Gasteiger partial charge in [0.2, 0.25) is 10.0 Å². The fourth-order valence-electron chi connectivity index (χ4n) is 1.92. The molecule has 0 N–H and O–H groups in total. The molecule has 1 aromatic heterocycles. The molecular weight excluding hydrogens is 377 g/mol. The molecule has 0 radical (unpaired) electrons. The summed E-state index contributed by atoms with van der Waals surface area (Å²) in [5.41, 5.74) is 0. The Balaban J connectivity index is 2.25. The second-order valence-electron chi connectivity index (χ2n) is 4.73. The van der Waals surface area contributed by atoms with Crippen LogP contribution < -0.4 is 0 Å². The summed E-state index contributed by atoms with van der Waals surface area (Å²) in [5, 5.41) is 1.95. The van der Waals surface area contributed by atoms with Crippen molar-refractivity contribution < 1.29 is 12.8 Å². The first-order valence-corrected chi connectivity index (χ1v) is 9.39. The van der Waals surface area contributed by atoms with Crippen LogP contribution in [0.5, 0.6) is 0 Å². The largest absolute Gasteiger partial charge is 0.245 e. The van der Waals surface area contributed by atoms with Crippen LogP contribution in [0.3, 0.4) is 0 Å². The van der Waals surface area contributed by atoms with Gasteiger partial charge in [-0.2, -0.15) is 4.31 Å². The summed E-state index contributed by atoms with van der Waals surface area (Å²) in [6.07, 6.45) is 0.603. The van der Waals surface area contributed by atoms with Gasteiger partial charge in [0.05, 0.1) is 0 Å². The molecule has 2 rings (SSSR count). The molecule has 1 unspecified atom stereocenters.